The number of ether oxygens (including phenoxy) is 1. The molecular formula is C23H35N7O2. The summed E-state index contributed by atoms with van der Waals surface area (Å²) in [4.78, 5) is 16.6. The summed E-state index contributed by atoms with van der Waals surface area (Å²) in [7, 11) is 0. The number of aryl methyl sites for hydroxylation is 1. The molecule has 0 atom stereocenters. The number of nitrogens with zero attached hydrogens (tertiary/aromatic N) is 4. The summed E-state index contributed by atoms with van der Waals surface area (Å²) in [6.07, 6.45) is 3.74. The zero-order valence-corrected chi connectivity index (χ0v) is 19.6. The van der Waals surface area contributed by atoms with E-state index in [1.807, 2.05) is 52.0 Å². The van der Waals surface area contributed by atoms with Gasteiger partial charge in [0.2, 0.25) is 0 Å². The second-order valence-electron chi connectivity index (χ2n) is 8.84. The van der Waals surface area contributed by atoms with Gasteiger partial charge in [-0.3, -0.25) is 5.32 Å². The van der Waals surface area contributed by atoms with Gasteiger partial charge in [-0.05, 0) is 64.7 Å². The number of rotatable bonds is 7. The maximum Gasteiger partial charge on any atom is 0.412 e. The van der Waals surface area contributed by atoms with Gasteiger partial charge in [-0.15, -0.1) is 10.2 Å². The molecule has 32 heavy (non-hydrogen) atoms. The van der Waals surface area contributed by atoms with Crippen molar-refractivity contribution in [3.63, 3.8) is 0 Å². The minimum absolute atomic E-state index is 0.452. The Bertz CT molecular complexity index is 913. The van der Waals surface area contributed by atoms with E-state index in [-0.39, 0.29) is 0 Å². The molecule has 3 rings (SSSR count). The van der Waals surface area contributed by atoms with Crippen LogP contribution in [0.25, 0.3) is 0 Å². The summed E-state index contributed by atoms with van der Waals surface area (Å²) in [5.41, 5.74) is 1.35. The number of benzene rings is 1. The van der Waals surface area contributed by atoms with Gasteiger partial charge in [0, 0.05) is 31.7 Å². The molecule has 1 aromatic heterocycles. The third kappa shape index (κ3) is 7.25. The van der Waals surface area contributed by atoms with Crippen LogP contribution in [0.4, 0.5) is 10.5 Å². The average Bonchev–Trinajstić information content (AvgIpc) is 3.15. The maximum atomic E-state index is 11.9. The van der Waals surface area contributed by atoms with E-state index in [9.17, 15) is 4.79 Å². The second-order valence-corrected chi connectivity index (χ2v) is 8.84. The summed E-state index contributed by atoms with van der Waals surface area (Å²) >= 11 is 0. The Kier molecular flexibility index (Phi) is 8.08. The second kappa shape index (κ2) is 11.0. The Morgan fingerprint density at radius 2 is 1.94 bits per heavy atom. The van der Waals surface area contributed by atoms with Gasteiger partial charge in [0.05, 0.1) is 0 Å². The minimum atomic E-state index is -0.519. The Labute approximate surface area is 190 Å². The summed E-state index contributed by atoms with van der Waals surface area (Å²) < 4.78 is 7.47. The number of hydrogen-bond donors (Lipinski definition) is 3. The highest BCUT2D eigenvalue weighted by Gasteiger charge is 2.16. The van der Waals surface area contributed by atoms with Crippen LogP contribution in [-0.4, -0.2) is 45.5 Å². The van der Waals surface area contributed by atoms with Gasteiger partial charge >= 0.3 is 6.09 Å². The van der Waals surface area contributed by atoms with E-state index >= 15 is 0 Å². The zero-order valence-electron chi connectivity index (χ0n) is 19.6. The molecule has 3 N–H and O–H groups in total. The van der Waals surface area contributed by atoms with Crippen LogP contribution in [-0.2, 0) is 30.7 Å². The van der Waals surface area contributed by atoms with Gasteiger partial charge in [-0.25, -0.2) is 9.79 Å². The lowest BCUT2D eigenvalue weighted by Crippen LogP contribution is -2.38. The largest absolute Gasteiger partial charge is 0.444 e. The molecule has 0 spiro atoms. The number of carbonyl (C=O) groups is 1. The third-order valence-corrected chi connectivity index (χ3v) is 4.96. The molecule has 0 saturated carbocycles. The number of fused-ring (bicyclic) bond motifs is 1. The molecule has 0 radical (unpaired) electrons. The summed E-state index contributed by atoms with van der Waals surface area (Å²) in [5.74, 6) is 2.76. The topological polar surface area (TPSA) is 105 Å². The Balaban J connectivity index is 1.48. The Morgan fingerprint density at radius 1 is 1.16 bits per heavy atom. The molecule has 0 fully saturated rings. The molecule has 0 bridgehead atoms. The van der Waals surface area contributed by atoms with Crippen LogP contribution in [0.3, 0.4) is 0 Å². The van der Waals surface area contributed by atoms with Crippen LogP contribution < -0.4 is 16.0 Å². The highest BCUT2D eigenvalue weighted by Crippen LogP contribution is 2.15. The number of carbonyl (C=O) groups excluding carboxylic acids is 1. The highest BCUT2D eigenvalue weighted by molar-refractivity contribution is 5.84. The molecule has 0 unspecified atom stereocenters. The van der Waals surface area contributed by atoms with Crippen LogP contribution in [0.15, 0.2) is 29.3 Å². The third-order valence-electron chi connectivity index (χ3n) is 4.96. The van der Waals surface area contributed by atoms with Crippen molar-refractivity contribution in [2.24, 2.45) is 4.99 Å². The molecule has 9 heteroatoms. The summed E-state index contributed by atoms with van der Waals surface area (Å²) in [6, 6.07) is 7.77. The van der Waals surface area contributed by atoms with E-state index in [0.29, 0.717) is 12.2 Å². The van der Waals surface area contributed by atoms with Gasteiger partial charge < -0.3 is 19.9 Å². The number of aliphatic imine (C=N–C) groups is 1. The SMILES string of the molecule is CCNC(=NCc1nnc2n1CCCC2)NCCc1ccc(NC(=O)OC(C)(C)C)cc1. The monoisotopic (exact) mass is 441 g/mol. The number of amides is 1. The molecule has 2 heterocycles. The van der Waals surface area contributed by atoms with Gasteiger partial charge in [-0.2, -0.15) is 0 Å². The van der Waals surface area contributed by atoms with Crippen LogP contribution in [0.5, 0.6) is 0 Å². The van der Waals surface area contributed by atoms with E-state index in [0.717, 1.165) is 55.6 Å². The lowest BCUT2D eigenvalue weighted by Gasteiger charge is -2.19. The van der Waals surface area contributed by atoms with Crippen LogP contribution in [0, 0.1) is 0 Å². The van der Waals surface area contributed by atoms with Gasteiger partial charge in [0.15, 0.2) is 11.8 Å². The first-order valence-corrected chi connectivity index (χ1v) is 11.4. The number of guanidine groups is 1. The van der Waals surface area contributed by atoms with Gasteiger partial charge in [-0.1, -0.05) is 12.1 Å². The van der Waals surface area contributed by atoms with E-state index in [4.69, 9.17) is 4.74 Å². The average molecular weight is 442 g/mol. The van der Waals surface area contributed by atoms with E-state index in [2.05, 4.69) is 35.7 Å². The predicted octanol–water partition coefficient (Wildman–Crippen LogP) is 3.26. The van der Waals surface area contributed by atoms with Gasteiger partial charge in [0.1, 0.15) is 18.0 Å². The van der Waals surface area contributed by atoms with Gasteiger partial charge in [0.25, 0.3) is 0 Å². The molecule has 1 aromatic carbocycles. The molecule has 1 aliphatic rings. The zero-order chi connectivity index (χ0) is 23.0. The fourth-order valence-corrected chi connectivity index (χ4v) is 3.48. The standard InChI is InChI=1S/C23H35N7O2/c1-5-24-21(26-16-20-29-28-19-8-6-7-15-30(19)20)25-14-13-17-9-11-18(12-10-17)27-22(31)32-23(2,3)4/h9-12H,5-8,13-16H2,1-4H3,(H,27,31)(H2,24,25,26). The maximum absolute atomic E-state index is 11.9. The van der Waals surface area contributed by atoms with Crippen LogP contribution >= 0.6 is 0 Å². The lowest BCUT2D eigenvalue weighted by molar-refractivity contribution is 0.0636. The normalized spacial score (nSPS) is 13.9. The van der Waals surface area contributed by atoms with Crippen LogP contribution in [0.2, 0.25) is 0 Å². The molecule has 174 valence electrons. The van der Waals surface area contributed by atoms with Crippen molar-refractivity contribution >= 4 is 17.7 Å². The van der Waals surface area contributed by atoms with Crippen molar-refractivity contribution in [2.75, 3.05) is 18.4 Å². The first kappa shape index (κ1) is 23.6. The Morgan fingerprint density at radius 3 is 2.66 bits per heavy atom. The van der Waals surface area contributed by atoms with Crippen molar-refractivity contribution in [3.8, 4) is 0 Å². The lowest BCUT2D eigenvalue weighted by atomic mass is 10.1. The molecule has 0 aliphatic carbocycles. The number of aromatic nitrogens is 3. The number of hydrogen-bond acceptors (Lipinski definition) is 5. The molecule has 0 saturated heterocycles. The molecule has 2 aromatic rings. The summed E-state index contributed by atoms with van der Waals surface area (Å²) in [5, 5.41) is 18.0. The molecule has 1 amide bonds. The number of anilines is 1. The highest BCUT2D eigenvalue weighted by atomic mass is 16.6. The van der Waals surface area contributed by atoms with Crippen molar-refractivity contribution in [2.45, 2.75) is 72.1 Å². The minimum Gasteiger partial charge on any atom is -0.444 e. The fourth-order valence-electron chi connectivity index (χ4n) is 3.48. The van der Waals surface area contributed by atoms with E-state index in [1.165, 1.54) is 12.8 Å². The summed E-state index contributed by atoms with van der Waals surface area (Å²) in [6.45, 7) is 10.6. The quantitative estimate of drug-likeness (QED) is 0.450. The fraction of sp³-hybridized carbons (Fsp3) is 0.565. The predicted molar refractivity (Wildman–Crippen MR) is 126 cm³/mol. The number of nitrogens with one attached hydrogen (secondary N) is 3. The molecular weight excluding hydrogens is 406 g/mol. The van der Waals surface area contributed by atoms with Crippen molar-refractivity contribution in [1.29, 1.82) is 0 Å². The van der Waals surface area contributed by atoms with Crippen molar-refractivity contribution < 1.29 is 9.53 Å². The van der Waals surface area contributed by atoms with Crippen molar-refractivity contribution in [1.82, 2.24) is 25.4 Å². The van der Waals surface area contributed by atoms with Crippen molar-refractivity contribution in [3.05, 3.63) is 41.5 Å². The Hall–Kier alpha value is -3.10. The molecule has 1 aliphatic heterocycles. The first-order valence-electron chi connectivity index (χ1n) is 11.4. The van der Waals surface area contributed by atoms with E-state index < -0.39 is 11.7 Å². The first-order chi connectivity index (χ1) is 15.3. The molecule has 9 nitrogen and oxygen atoms in total. The van der Waals surface area contributed by atoms with E-state index in [1.54, 1.807) is 0 Å². The van der Waals surface area contributed by atoms with Crippen LogP contribution in [0.1, 0.15) is 57.7 Å². The smallest absolute Gasteiger partial charge is 0.412 e.